The fourth-order valence-electron chi connectivity index (χ4n) is 1.39. The maximum atomic E-state index is 12.1. The first-order chi connectivity index (χ1) is 8.65. The number of rotatable bonds is 6. The molecule has 1 aromatic heterocycles. The summed E-state index contributed by atoms with van der Waals surface area (Å²) in [6.07, 6.45) is 0.416. The van der Waals surface area contributed by atoms with E-state index in [1.807, 2.05) is 0 Å². The average molecular weight is 307 g/mol. The lowest BCUT2D eigenvalue weighted by Crippen LogP contribution is -2.48. The first-order valence-electron chi connectivity index (χ1n) is 5.64. The summed E-state index contributed by atoms with van der Waals surface area (Å²) in [5.41, 5.74) is -0.555. The molecule has 0 aromatic carbocycles. The summed E-state index contributed by atoms with van der Waals surface area (Å²) in [7, 11) is -3.83. The van der Waals surface area contributed by atoms with E-state index in [4.69, 9.17) is 5.11 Å². The molecule has 0 saturated carbocycles. The molecule has 0 aliphatic carbocycles. The first-order valence-corrected chi connectivity index (χ1v) is 7.94. The summed E-state index contributed by atoms with van der Waals surface area (Å²) in [5, 5.41) is 18.2. The van der Waals surface area contributed by atoms with Crippen LogP contribution in [0.1, 0.15) is 35.5 Å². The van der Waals surface area contributed by atoms with Gasteiger partial charge >= 0.3 is 5.97 Å². The number of aryl methyl sites for hydroxylation is 1. The monoisotopic (exact) mass is 307 g/mol. The van der Waals surface area contributed by atoms with Gasteiger partial charge in [-0.25, -0.2) is 17.9 Å². The molecule has 0 bridgehead atoms. The van der Waals surface area contributed by atoms with Crippen molar-refractivity contribution in [3.63, 3.8) is 0 Å². The summed E-state index contributed by atoms with van der Waals surface area (Å²) in [5.74, 6) is -1.15. The van der Waals surface area contributed by atoms with Crippen molar-refractivity contribution < 1.29 is 23.4 Å². The lowest BCUT2D eigenvalue weighted by atomic mass is 10.0. The zero-order chi connectivity index (χ0) is 14.8. The van der Waals surface area contributed by atoms with Crippen molar-refractivity contribution in [1.29, 1.82) is 0 Å². The molecule has 0 spiro atoms. The van der Waals surface area contributed by atoms with Gasteiger partial charge in [-0.3, -0.25) is 0 Å². The number of carbonyl (C=O) groups is 1. The van der Waals surface area contributed by atoms with Gasteiger partial charge in [0, 0.05) is 0 Å². The van der Waals surface area contributed by atoms with Crippen LogP contribution in [0.25, 0.3) is 0 Å². The van der Waals surface area contributed by atoms with Gasteiger partial charge in [0.25, 0.3) is 10.0 Å². The highest BCUT2D eigenvalue weighted by Crippen LogP contribution is 2.27. The molecule has 0 aliphatic heterocycles. The van der Waals surface area contributed by atoms with Crippen LogP contribution in [0.4, 0.5) is 0 Å². The van der Waals surface area contributed by atoms with E-state index in [0.717, 1.165) is 0 Å². The van der Waals surface area contributed by atoms with Crippen LogP contribution in [-0.2, 0) is 10.0 Å². The van der Waals surface area contributed by atoms with Gasteiger partial charge in [-0.05, 0) is 31.9 Å². The maximum absolute atomic E-state index is 12.1. The molecule has 19 heavy (non-hydrogen) atoms. The first kappa shape index (κ1) is 16.1. The molecule has 6 nitrogen and oxygen atoms in total. The van der Waals surface area contributed by atoms with E-state index >= 15 is 0 Å². The van der Waals surface area contributed by atoms with E-state index < -0.39 is 21.5 Å². The highest BCUT2D eigenvalue weighted by atomic mass is 32.2. The van der Waals surface area contributed by atoms with Crippen molar-refractivity contribution in [2.24, 2.45) is 0 Å². The van der Waals surface area contributed by atoms with E-state index in [-0.39, 0.29) is 15.7 Å². The quantitative estimate of drug-likeness (QED) is 0.732. The fraction of sp³-hybridized carbons (Fsp3) is 0.545. The molecule has 0 aliphatic rings. The molecule has 1 aromatic rings. The number of aliphatic hydroxyl groups excluding tert-OH is 1. The molecule has 1 rings (SSSR count). The van der Waals surface area contributed by atoms with Crippen LogP contribution in [0.15, 0.2) is 10.3 Å². The predicted octanol–water partition coefficient (Wildman–Crippen LogP) is 1.19. The van der Waals surface area contributed by atoms with E-state index in [1.54, 1.807) is 20.8 Å². The molecule has 0 radical (unpaired) electrons. The second-order valence-corrected chi connectivity index (χ2v) is 7.52. The Morgan fingerprint density at radius 1 is 1.53 bits per heavy atom. The molecule has 0 saturated heterocycles. The van der Waals surface area contributed by atoms with E-state index in [1.165, 1.54) is 6.07 Å². The third kappa shape index (κ3) is 3.53. The van der Waals surface area contributed by atoms with Crippen molar-refractivity contribution in [1.82, 2.24) is 4.72 Å². The number of thiophene rings is 1. The SMILES string of the molecule is CCC(C)(CO)NS(=O)(=O)c1cc(C)c(C(=O)O)s1. The number of carboxylic acid groups (broad SMARTS) is 1. The standard InChI is InChI=1S/C11H17NO5S2/c1-4-11(3,6-13)12-19(16,17)8-5-7(2)9(18-8)10(14)15/h5,12-13H,4,6H2,1-3H3,(H,14,15). The molecular weight excluding hydrogens is 290 g/mol. The minimum absolute atomic E-state index is 0.00238. The van der Waals surface area contributed by atoms with Crippen LogP contribution in [0.2, 0.25) is 0 Å². The molecule has 3 N–H and O–H groups in total. The number of aromatic carboxylic acids is 1. The van der Waals surface area contributed by atoms with Crippen LogP contribution in [-0.4, -0.2) is 36.7 Å². The van der Waals surface area contributed by atoms with Gasteiger partial charge < -0.3 is 10.2 Å². The Balaban J connectivity index is 3.15. The summed E-state index contributed by atoms with van der Waals surface area (Å²) in [6, 6.07) is 1.32. The summed E-state index contributed by atoms with van der Waals surface area (Å²) in [4.78, 5) is 10.9. The lowest BCUT2D eigenvalue weighted by Gasteiger charge is -2.26. The fourth-order valence-corrected chi connectivity index (χ4v) is 4.24. The lowest BCUT2D eigenvalue weighted by molar-refractivity contribution is 0.0701. The molecule has 1 heterocycles. The zero-order valence-electron chi connectivity index (χ0n) is 10.9. The molecule has 1 atom stereocenters. The van der Waals surface area contributed by atoms with Gasteiger partial charge in [0.05, 0.1) is 12.1 Å². The summed E-state index contributed by atoms with van der Waals surface area (Å²) < 4.78 is 26.6. The van der Waals surface area contributed by atoms with Gasteiger partial charge in [-0.15, -0.1) is 11.3 Å². The molecule has 0 amide bonds. The number of nitrogens with one attached hydrogen (secondary N) is 1. The van der Waals surface area contributed by atoms with E-state index in [2.05, 4.69) is 4.72 Å². The Bertz CT molecular complexity index is 572. The zero-order valence-corrected chi connectivity index (χ0v) is 12.6. The van der Waals surface area contributed by atoms with Crippen LogP contribution in [0.5, 0.6) is 0 Å². The number of sulfonamides is 1. The minimum atomic E-state index is -3.83. The summed E-state index contributed by atoms with van der Waals surface area (Å²) in [6.45, 7) is 4.55. The van der Waals surface area contributed by atoms with Crippen molar-refractivity contribution in [3.05, 3.63) is 16.5 Å². The van der Waals surface area contributed by atoms with E-state index in [0.29, 0.717) is 23.3 Å². The normalized spacial score (nSPS) is 15.2. The van der Waals surface area contributed by atoms with Gasteiger partial charge in [0.2, 0.25) is 0 Å². The van der Waals surface area contributed by atoms with Crippen LogP contribution in [0.3, 0.4) is 0 Å². The average Bonchev–Trinajstić information content (AvgIpc) is 2.71. The number of hydrogen-bond donors (Lipinski definition) is 3. The predicted molar refractivity (Wildman–Crippen MR) is 72.1 cm³/mol. The molecule has 8 heteroatoms. The summed E-state index contributed by atoms with van der Waals surface area (Å²) >= 11 is 0.705. The topological polar surface area (TPSA) is 104 Å². The second-order valence-electron chi connectivity index (χ2n) is 4.56. The highest BCUT2D eigenvalue weighted by Gasteiger charge is 2.30. The Hall–Kier alpha value is -0.960. The highest BCUT2D eigenvalue weighted by molar-refractivity contribution is 7.91. The van der Waals surface area contributed by atoms with Crippen molar-refractivity contribution in [3.8, 4) is 0 Å². The maximum Gasteiger partial charge on any atom is 0.346 e. The van der Waals surface area contributed by atoms with Crippen molar-refractivity contribution in [2.75, 3.05) is 6.61 Å². The molecule has 108 valence electrons. The minimum Gasteiger partial charge on any atom is -0.477 e. The van der Waals surface area contributed by atoms with Crippen LogP contribution < -0.4 is 4.72 Å². The Labute approximate surface area is 116 Å². The van der Waals surface area contributed by atoms with Gasteiger partial charge in [0.1, 0.15) is 9.09 Å². The smallest absolute Gasteiger partial charge is 0.346 e. The third-order valence-corrected chi connectivity index (χ3v) is 6.20. The van der Waals surface area contributed by atoms with Crippen molar-refractivity contribution >= 4 is 27.3 Å². The number of carboxylic acids is 1. The van der Waals surface area contributed by atoms with Gasteiger partial charge in [-0.2, -0.15) is 0 Å². The molecule has 1 unspecified atom stereocenters. The number of hydrogen-bond acceptors (Lipinski definition) is 5. The number of aliphatic hydroxyl groups is 1. The Kier molecular flexibility index (Phi) is 4.72. The second kappa shape index (κ2) is 5.58. The van der Waals surface area contributed by atoms with Crippen molar-refractivity contribution in [2.45, 2.75) is 36.9 Å². The Morgan fingerprint density at radius 3 is 2.47 bits per heavy atom. The van der Waals surface area contributed by atoms with Crippen LogP contribution in [0, 0.1) is 6.92 Å². The third-order valence-electron chi connectivity index (χ3n) is 2.86. The Morgan fingerprint density at radius 2 is 2.11 bits per heavy atom. The van der Waals surface area contributed by atoms with Crippen LogP contribution >= 0.6 is 11.3 Å². The molecular formula is C11H17NO5S2. The molecule has 0 fully saturated rings. The van der Waals surface area contributed by atoms with Gasteiger partial charge in [-0.1, -0.05) is 6.92 Å². The van der Waals surface area contributed by atoms with E-state index in [9.17, 15) is 18.3 Å². The van der Waals surface area contributed by atoms with Gasteiger partial charge in [0.15, 0.2) is 0 Å². The largest absolute Gasteiger partial charge is 0.477 e.